The van der Waals surface area contributed by atoms with Gasteiger partial charge in [-0.2, -0.15) is 0 Å². The Hall–Kier alpha value is -6.85. The van der Waals surface area contributed by atoms with E-state index >= 15 is 0 Å². The molecule has 0 spiro atoms. The van der Waals surface area contributed by atoms with Crippen molar-refractivity contribution in [2.24, 2.45) is 0 Å². The molecule has 3 aromatic heterocycles. The molecular formula is C45H27N3O2. The molecule has 234 valence electrons. The molecule has 0 aliphatic heterocycles. The number of benzene rings is 7. The molecule has 0 bridgehead atoms. The van der Waals surface area contributed by atoms with Crippen LogP contribution in [-0.2, 0) is 0 Å². The maximum atomic E-state index is 6.23. The van der Waals surface area contributed by atoms with E-state index in [0.29, 0.717) is 17.5 Å². The van der Waals surface area contributed by atoms with Crippen LogP contribution in [0.4, 0.5) is 0 Å². The van der Waals surface area contributed by atoms with Crippen molar-refractivity contribution in [2.45, 2.75) is 0 Å². The molecule has 5 nitrogen and oxygen atoms in total. The molecule has 7 aromatic carbocycles. The molecule has 0 saturated heterocycles. The van der Waals surface area contributed by atoms with Crippen LogP contribution in [0, 0.1) is 0 Å². The molecule has 10 aromatic rings. The number of nitrogens with zero attached hydrogens (tertiary/aromatic N) is 3. The van der Waals surface area contributed by atoms with E-state index in [4.69, 9.17) is 23.8 Å². The van der Waals surface area contributed by atoms with Gasteiger partial charge in [-0.15, -0.1) is 0 Å². The lowest BCUT2D eigenvalue weighted by atomic mass is 10.00. The van der Waals surface area contributed by atoms with Gasteiger partial charge in [-0.25, -0.2) is 15.0 Å². The van der Waals surface area contributed by atoms with Gasteiger partial charge in [0.1, 0.15) is 22.5 Å². The average Bonchev–Trinajstić information content (AvgIpc) is 3.79. The molecule has 0 N–H and O–H groups in total. The SMILES string of the molecule is c1ccc(-c2ccc3cc(-c4nc(-c5ccc(-c6cc7ccccc7o6)cc5)nc(-c5ccc6c(c5)oc5ccccc56)n4)ccc3c2)cc1. The summed E-state index contributed by atoms with van der Waals surface area (Å²) in [5.74, 6) is 2.59. The van der Waals surface area contributed by atoms with Gasteiger partial charge in [-0.3, -0.25) is 0 Å². The first-order chi connectivity index (χ1) is 24.7. The van der Waals surface area contributed by atoms with Crippen molar-refractivity contribution in [2.75, 3.05) is 0 Å². The second-order valence-corrected chi connectivity index (χ2v) is 12.5. The van der Waals surface area contributed by atoms with E-state index in [1.807, 2.05) is 60.7 Å². The van der Waals surface area contributed by atoms with E-state index in [1.165, 1.54) is 11.1 Å². The number of hydrogen-bond acceptors (Lipinski definition) is 5. The molecule has 5 heteroatoms. The van der Waals surface area contributed by atoms with E-state index in [1.54, 1.807) is 0 Å². The van der Waals surface area contributed by atoms with Gasteiger partial charge in [0.05, 0.1) is 0 Å². The summed E-state index contributed by atoms with van der Waals surface area (Å²) < 4.78 is 12.4. The number of furan rings is 2. The van der Waals surface area contributed by atoms with Gasteiger partial charge >= 0.3 is 0 Å². The Bertz CT molecular complexity index is 2840. The van der Waals surface area contributed by atoms with Crippen molar-refractivity contribution in [1.82, 2.24) is 15.0 Å². The molecule has 50 heavy (non-hydrogen) atoms. The zero-order chi connectivity index (χ0) is 33.0. The van der Waals surface area contributed by atoms with E-state index < -0.39 is 0 Å². The minimum absolute atomic E-state index is 0.577. The minimum Gasteiger partial charge on any atom is -0.456 e. The van der Waals surface area contributed by atoms with Gasteiger partial charge in [-0.05, 0) is 64.4 Å². The third kappa shape index (κ3) is 4.92. The molecule has 0 aliphatic rings. The zero-order valence-electron chi connectivity index (χ0n) is 26.7. The molecular weight excluding hydrogens is 615 g/mol. The van der Waals surface area contributed by atoms with Crippen molar-refractivity contribution in [1.29, 1.82) is 0 Å². The predicted molar refractivity (Wildman–Crippen MR) is 202 cm³/mol. The Labute approximate surface area is 287 Å². The Morgan fingerprint density at radius 2 is 0.860 bits per heavy atom. The maximum Gasteiger partial charge on any atom is 0.164 e. The molecule has 0 aliphatic carbocycles. The van der Waals surface area contributed by atoms with Crippen LogP contribution in [0.25, 0.3) is 100 Å². The Morgan fingerprint density at radius 3 is 1.64 bits per heavy atom. The fourth-order valence-corrected chi connectivity index (χ4v) is 6.73. The van der Waals surface area contributed by atoms with Gasteiger partial charge in [0.2, 0.25) is 0 Å². The monoisotopic (exact) mass is 641 g/mol. The average molecular weight is 642 g/mol. The Morgan fingerprint density at radius 1 is 0.300 bits per heavy atom. The summed E-state index contributed by atoms with van der Waals surface area (Å²) in [5, 5.41) is 5.49. The van der Waals surface area contributed by atoms with Crippen molar-refractivity contribution in [3.8, 4) is 56.6 Å². The second kappa shape index (κ2) is 11.4. The molecule has 3 heterocycles. The highest BCUT2D eigenvalue weighted by Gasteiger charge is 2.16. The number of aromatic nitrogens is 3. The minimum atomic E-state index is 0.577. The van der Waals surface area contributed by atoms with Crippen molar-refractivity contribution < 1.29 is 8.83 Å². The predicted octanol–water partition coefficient (Wildman–Crippen LogP) is 12.0. The number of fused-ring (bicyclic) bond motifs is 5. The summed E-state index contributed by atoms with van der Waals surface area (Å²) >= 11 is 0. The summed E-state index contributed by atoms with van der Waals surface area (Å²) in [5.41, 5.74) is 8.53. The molecule has 0 saturated carbocycles. The van der Waals surface area contributed by atoms with E-state index in [2.05, 4.69) is 103 Å². The third-order valence-electron chi connectivity index (χ3n) is 9.33. The second-order valence-electron chi connectivity index (χ2n) is 12.5. The maximum absolute atomic E-state index is 6.23. The van der Waals surface area contributed by atoms with Crippen LogP contribution in [0.5, 0.6) is 0 Å². The summed E-state index contributed by atoms with van der Waals surface area (Å²) in [4.78, 5) is 15.1. The number of rotatable bonds is 5. The van der Waals surface area contributed by atoms with E-state index in [-0.39, 0.29) is 0 Å². The topological polar surface area (TPSA) is 65.0 Å². The fourth-order valence-electron chi connectivity index (χ4n) is 6.73. The van der Waals surface area contributed by atoms with Crippen LogP contribution in [0.3, 0.4) is 0 Å². The summed E-state index contributed by atoms with van der Waals surface area (Å²) in [6, 6.07) is 55.9. The lowest BCUT2D eigenvalue weighted by Crippen LogP contribution is -2.00. The normalized spacial score (nSPS) is 11.6. The lowest BCUT2D eigenvalue weighted by Gasteiger charge is -2.10. The van der Waals surface area contributed by atoms with Crippen LogP contribution in [-0.4, -0.2) is 15.0 Å². The number of hydrogen-bond donors (Lipinski definition) is 0. The largest absolute Gasteiger partial charge is 0.456 e. The van der Waals surface area contributed by atoms with Gasteiger partial charge in [0, 0.05) is 38.4 Å². The highest BCUT2D eigenvalue weighted by molar-refractivity contribution is 6.05. The van der Waals surface area contributed by atoms with Gasteiger partial charge in [0.25, 0.3) is 0 Å². The van der Waals surface area contributed by atoms with Gasteiger partial charge in [-0.1, -0.05) is 121 Å². The summed E-state index contributed by atoms with van der Waals surface area (Å²) in [6.07, 6.45) is 0. The smallest absolute Gasteiger partial charge is 0.164 e. The summed E-state index contributed by atoms with van der Waals surface area (Å²) in [6.45, 7) is 0. The van der Waals surface area contributed by atoms with Crippen LogP contribution >= 0.6 is 0 Å². The van der Waals surface area contributed by atoms with Crippen LogP contribution in [0.2, 0.25) is 0 Å². The van der Waals surface area contributed by atoms with Crippen LogP contribution < -0.4 is 0 Å². The van der Waals surface area contributed by atoms with Crippen molar-refractivity contribution in [3.63, 3.8) is 0 Å². The molecule has 0 fully saturated rings. The standard InChI is InChI=1S/C45H27N3O2/c1-2-8-28(9-3-1)31-18-19-33-25-35(21-20-32(33)24-31)44-46-43(30-16-14-29(15-17-30)41-26-34-10-4-6-12-39(34)49-41)47-45(48-44)36-22-23-38-37-11-5-7-13-40(37)50-42(38)27-36/h1-27H. The van der Waals surface area contributed by atoms with E-state index in [9.17, 15) is 0 Å². The first-order valence-electron chi connectivity index (χ1n) is 16.6. The Balaban J connectivity index is 1.09. The number of para-hydroxylation sites is 2. The third-order valence-corrected chi connectivity index (χ3v) is 9.33. The van der Waals surface area contributed by atoms with Crippen molar-refractivity contribution in [3.05, 3.63) is 164 Å². The quantitative estimate of drug-likeness (QED) is 0.187. The molecule has 0 unspecified atom stereocenters. The highest BCUT2D eigenvalue weighted by Crippen LogP contribution is 2.34. The zero-order valence-corrected chi connectivity index (χ0v) is 26.7. The van der Waals surface area contributed by atoms with E-state index in [0.717, 1.165) is 71.7 Å². The van der Waals surface area contributed by atoms with Crippen LogP contribution in [0.15, 0.2) is 173 Å². The fraction of sp³-hybridized carbons (Fsp3) is 0. The van der Waals surface area contributed by atoms with Crippen molar-refractivity contribution >= 4 is 43.7 Å². The van der Waals surface area contributed by atoms with Gasteiger partial charge < -0.3 is 8.83 Å². The first-order valence-corrected chi connectivity index (χ1v) is 16.6. The van der Waals surface area contributed by atoms with Gasteiger partial charge in [0.15, 0.2) is 17.5 Å². The van der Waals surface area contributed by atoms with Crippen LogP contribution in [0.1, 0.15) is 0 Å². The molecule has 0 amide bonds. The molecule has 0 radical (unpaired) electrons. The summed E-state index contributed by atoms with van der Waals surface area (Å²) in [7, 11) is 0. The first kappa shape index (κ1) is 28.2. The Kier molecular flexibility index (Phi) is 6.42. The molecule has 10 rings (SSSR count). The lowest BCUT2D eigenvalue weighted by molar-refractivity contribution is 0.631. The highest BCUT2D eigenvalue weighted by atomic mass is 16.3. The molecule has 0 atom stereocenters.